The monoisotopic (exact) mass is 298 g/mol. The third-order valence-corrected chi connectivity index (χ3v) is 4.68. The van der Waals surface area contributed by atoms with Crippen LogP contribution in [0.3, 0.4) is 0 Å². The summed E-state index contributed by atoms with van der Waals surface area (Å²) in [5.74, 6) is 0.488. The van der Waals surface area contributed by atoms with Gasteiger partial charge in [0.15, 0.2) is 0 Å². The predicted molar refractivity (Wildman–Crippen MR) is 86.2 cm³/mol. The van der Waals surface area contributed by atoms with Gasteiger partial charge < -0.3 is 5.32 Å². The molecule has 0 aromatic carbocycles. The van der Waals surface area contributed by atoms with E-state index < -0.39 is 0 Å². The van der Waals surface area contributed by atoms with Crippen LogP contribution < -0.4 is 5.32 Å². The summed E-state index contributed by atoms with van der Waals surface area (Å²) >= 11 is 0. The summed E-state index contributed by atoms with van der Waals surface area (Å²) in [4.78, 5) is 28.0. The zero-order valence-electron chi connectivity index (χ0n) is 13.0. The van der Waals surface area contributed by atoms with E-state index in [1.54, 1.807) is 6.08 Å². The maximum atomic E-state index is 12.1. The number of nitrogens with zero attached hydrogens (tertiary/aromatic N) is 1. The lowest BCUT2D eigenvalue weighted by Crippen LogP contribution is -2.33. The maximum Gasteiger partial charge on any atom is 0.248 e. The Bertz CT molecular complexity index is 605. The number of nitrogens with one attached hydrogen (secondary N) is 1. The summed E-state index contributed by atoms with van der Waals surface area (Å²) < 4.78 is 0. The smallest absolute Gasteiger partial charge is 0.248 e. The van der Waals surface area contributed by atoms with Crippen LogP contribution in [0.2, 0.25) is 0 Å². The van der Waals surface area contributed by atoms with Crippen molar-refractivity contribution < 1.29 is 9.59 Å². The topological polar surface area (TPSA) is 58.5 Å². The van der Waals surface area contributed by atoms with Gasteiger partial charge in [-0.25, -0.2) is 4.99 Å². The van der Waals surface area contributed by atoms with Crippen molar-refractivity contribution in [2.24, 2.45) is 16.8 Å². The third-order valence-electron chi connectivity index (χ3n) is 4.68. The zero-order chi connectivity index (χ0) is 15.5. The average Bonchev–Trinajstić information content (AvgIpc) is 2.98. The second kappa shape index (κ2) is 6.42. The van der Waals surface area contributed by atoms with Gasteiger partial charge in [-0.1, -0.05) is 31.4 Å². The molecular weight excluding hydrogens is 276 g/mol. The summed E-state index contributed by atoms with van der Waals surface area (Å²) in [5, 5.41) is 2.86. The Labute approximate surface area is 131 Å². The molecule has 2 amide bonds. The molecule has 1 saturated carbocycles. The first kappa shape index (κ1) is 14.9. The molecule has 1 fully saturated rings. The van der Waals surface area contributed by atoms with Crippen LogP contribution >= 0.6 is 0 Å². The van der Waals surface area contributed by atoms with Crippen LogP contribution in [0.4, 0.5) is 0 Å². The lowest BCUT2D eigenvalue weighted by molar-refractivity contribution is -0.118. The minimum absolute atomic E-state index is 0.0461. The molecule has 0 saturated heterocycles. The Morgan fingerprint density at radius 1 is 1.32 bits per heavy atom. The summed E-state index contributed by atoms with van der Waals surface area (Å²) in [6.07, 6.45) is 13.6. The lowest BCUT2D eigenvalue weighted by Gasteiger charge is -2.27. The van der Waals surface area contributed by atoms with Crippen LogP contribution in [0.5, 0.6) is 0 Å². The molecule has 4 nitrogen and oxygen atoms in total. The fourth-order valence-electron chi connectivity index (χ4n) is 3.51. The van der Waals surface area contributed by atoms with Gasteiger partial charge in [0.25, 0.3) is 0 Å². The number of aliphatic imine (C=N–C) groups is 1. The molecule has 4 heteroatoms. The van der Waals surface area contributed by atoms with Crippen molar-refractivity contribution in [3.8, 4) is 0 Å². The van der Waals surface area contributed by atoms with E-state index in [1.807, 2.05) is 25.2 Å². The van der Waals surface area contributed by atoms with Crippen molar-refractivity contribution in [1.82, 2.24) is 5.32 Å². The molecule has 116 valence electrons. The summed E-state index contributed by atoms with van der Waals surface area (Å²) in [7, 11) is 0. The Morgan fingerprint density at radius 2 is 2.09 bits per heavy atom. The summed E-state index contributed by atoms with van der Waals surface area (Å²) in [5.41, 5.74) is 2.58. The molecule has 3 rings (SSSR count). The van der Waals surface area contributed by atoms with E-state index in [2.05, 4.69) is 10.3 Å². The number of allylic oxidation sites excluding steroid dienone is 3. The van der Waals surface area contributed by atoms with Crippen molar-refractivity contribution in [3.05, 3.63) is 35.6 Å². The molecule has 1 unspecified atom stereocenters. The van der Waals surface area contributed by atoms with Gasteiger partial charge in [-0.2, -0.15) is 0 Å². The number of hydrogen-bond acceptors (Lipinski definition) is 2. The number of amides is 2. The lowest BCUT2D eigenvalue weighted by atomic mass is 9.86. The molecule has 0 aromatic rings. The number of fused-ring (bicyclic) bond motifs is 1. The molecule has 1 aliphatic heterocycles. The molecule has 0 radical (unpaired) electrons. The normalized spacial score (nSPS) is 26.5. The van der Waals surface area contributed by atoms with E-state index in [-0.39, 0.29) is 17.7 Å². The van der Waals surface area contributed by atoms with Crippen molar-refractivity contribution in [2.75, 3.05) is 0 Å². The average molecular weight is 298 g/mol. The van der Waals surface area contributed by atoms with Gasteiger partial charge in [-0.15, -0.1) is 0 Å². The highest BCUT2D eigenvalue weighted by Crippen LogP contribution is 2.30. The zero-order valence-corrected chi connectivity index (χ0v) is 13.0. The Morgan fingerprint density at radius 3 is 2.82 bits per heavy atom. The van der Waals surface area contributed by atoms with Gasteiger partial charge in [0.1, 0.15) is 0 Å². The van der Waals surface area contributed by atoms with Crippen molar-refractivity contribution in [2.45, 2.75) is 45.4 Å². The summed E-state index contributed by atoms with van der Waals surface area (Å²) in [6.45, 7) is 2.05. The SMILES string of the molecule is CCC1=CC(=O)NC2=CC(=NC(=O)CC3CCCC3)C=CC12. The second-order valence-electron chi connectivity index (χ2n) is 6.28. The van der Waals surface area contributed by atoms with Crippen LogP contribution in [-0.4, -0.2) is 17.5 Å². The molecule has 1 N–H and O–H groups in total. The van der Waals surface area contributed by atoms with Gasteiger partial charge in [0, 0.05) is 24.1 Å². The quantitative estimate of drug-likeness (QED) is 0.870. The highest BCUT2D eigenvalue weighted by molar-refractivity contribution is 6.11. The number of rotatable bonds is 3. The molecule has 22 heavy (non-hydrogen) atoms. The van der Waals surface area contributed by atoms with Crippen LogP contribution in [-0.2, 0) is 9.59 Å². The van der Waals surface area contributed by atoms with Gasteiger partial charge in [0.2, 0.25) is 11.8 Å². The molecule has 1 heterocycles. The summed E-state index contributed by atoms with van der Waals surface area (Å²) in [6, 6.07) is 0. The van der Waals surface area contributed by atoms with E-state index in [1.165, 1.54) is 12.8 Å². The fourth-order valence-corrected chi connectivity index (χ4v) is 3.51. The van der Waals surface area contributed by atoms with Crippen LogP contribution in [0.1, 0.15) is 45.4 Å². The van der Waals surface area contributed by atoms with E-state index in [9.17, 15) is 9.59 Å². The van der Waals surface area contributed by atoms with Crippen LogP contribution in [0, 0.1) is 11.8 Å². The van der Waals surface area contributed by atoms with E-state index in [0.29, 0.717) is 18.1 Å². The Hall–Kier alpha value is -1.97. The largest absolute Gasteiger partial charge is 0.325 e. The molecule has 3 aliphatic rings. The van der Waals surface area contributed by atoms with Crippen LogP contribution in [0.25, 0.3) is 0 Å². The third kappa shape index (κ3) is 3.26. The molecule has 0 spiro atoms. The molecule has 0 bridgehead atoms. The van der Waals surface area contributed by atoms with Gasteiger partial charge in [-0.3, -0.25) is 9.59 Å². The molecular formula is C18H22N2O2. The van der Waals surface area contributed by atoms with E-state index >= 15 is 0 Å². The van der Waals surface area contributed by atoms with Crippen molar-refractivity contribution >= 4 is 17.5 Å². The highest BCUT2D eigenvalue weighted by atomic mass is 16.2. The molecule has 2 aliphatic carbocycles. The predicted octanol–water partition coefficient (Wildman–Crippen LogP) is 3.07. The second-order valence-corrected chi connectivity index (χ2v) is 6.28. The molecule has 0 aromatic heterocycles. The van der Waals surface area contributed by atoms with Gasteiger partial charge in [0.05, 0.1) is 5.71 Å². The Balaban J connectivity index is 1.72. The van der Waals surface area contributed by atoms with E-state index in [4.69, 9.17) is 0 Å². The standard InChI is InChI=1S/C18H22N2O2/c1-2-13-10-18(22)20-16-11-14(7-8-15(13)16)19-17(21)9-12-5-3-4-6-12/h7-8,10-12,15H,2-6,9H2,1H3,(H,20,22). The number of carbonyl (C=O) groups excluding carboxylic acids is 2. The van der Waals surface area contributed by atoms with Crippen LogP contribution in [0.15, 0.2) is 40.6 Å². The maximum absolute atomic E-state index is 12.1. The minimum atomic E-state index is -0.0914. The molecule has 1 atom stereocenters. The number of hydrogen-bond donors (Lipinski definition) is 1. The first-order valence-corrected chi connectivity index (χ1v) is 8.18. The highest BCUT2D eigenvalue weighted by Gasteiger charge is 2.25. The van der Waals surface area contributed by atoms with E-state index in [0.717, 1.165) is 30.5 Å². The first-order valence-electron chi connectivity index (χ1n) is 8.18. The first-order chi connectivity index (χ1) is 10.7. The van der Waals surface area contributed by atoms with Crippen molar-refractivity contribution in [1.29, 1.82) is 0 Å². The Kier molecular flexibility index (Phi) is 4.36. The minimum Gasteiger partial charge on any atom is -0.325 e. The van der Waals surface area contributed by atoms with Gasteiger partial charge >= 0.3 is 0 Å². The fraction of sp³-hybridized carbons (Fsp3) is 0.500. The van der Waals surface area contributed by atoms with Crippen molar-refractivity contribution in [3.63, 3.8) is 0 Å². The van der Waals surface area contributed by atoms with Gasteiger partial charge in [-0.05, 0) is 37.3 Å². The number of carbonyl (C=O) groups is 2.